The Balaban J connectivity index is 2.22. The molecular weight excluding hydrogens is 263 g/mol. The summed E-state index contributed by atoms with van der Waals surface area (Å²) in [5.41, 5.74) is 5.18. The van der Waals surface area contributed by atoms with Crippen molar-refractivity contribution in [2.75, 3.05) is 0 Å². The third kappa shape index (κ3) is 3.48. The minimum atomic E-state index is -0.167. The first-order valence-electron chi connectivity index (χ1n) is 7.35. The molecule has 0 saturated heterocycles. The maximum atomic E-state index is 13.9. The first-order chi connectivity index (χ1) is 9.90. The lowest BCUT2D eigenvalue weighted by atomic mass is 9.98. The zero-order valence-corrected chi connectivity index (χ0v) is 13.4. The first kappa shape index (κ1) is 15.6. The molecule has 2 nitrogen and oxygen atoms in total. The molecule has 0 radical (unpaired) electrons. The largest absolute Gasteiger partial charge is 0.303 e. The Kier molecular flexibility index (Phi) is 4.73. The summed E-state index contributed by atoms with van der Waals surface area (Å²) < 4.78 is 13.9. The third-order valence-corrected chi connectivity index (χ3v) is 3.89. The van der Waals surface area contributed by atoms with E-state index in [1.54, 1.807) is 6.07 Å². The van der Waals surface area contributed by atoms with Crippen LogP contribution in [0.1, 0.15) is 54.0 Å². The van der Waals surface area contributed by atoms with E-state index >= 15 is 0 Å². The standard InChI is InChI=1S/C18H23FN2/c1-11-10-12(2)20-14(4)18(11)15(5)21-13(3)16-8-6-7-9-17(16)19/h6-10,13,15,21H,1-5H3/t13-,15?/m1/s1. The smallest absolute Gasteiger partial charge is 0.127 e. The molecule has 0 aliphatic heterocycles. The molecule has 1 unspecified atom stereocenters. The second-order valence-corrected chi connectivity index (χ2v) is 5.71. The predicted octanol–water partition coefficient (Wildman–Crippen LogP) is 4.56. The van der Waals surface area contributed by atoms with E-state index in [-0.39, 0.29) is 17.9 Å². The highest BCUT2D eigenvalue weighted by molar-refractivity contribution is 5.34. The molecule has 1 aromatic heterocycles. The summed E-state index contributed by atoms with van der Waals surface area (Å²) in [6.07, 6.45) is 0. The van der Waals surface area contributed by atoms with Crippen molar-refractivity contribution >= 4 is 0 Å². The lowest BCUT2D eigenvalue weighted by molar-refractivity contribution is 0.470. The van der Waals surface area contributed by atoms with Gasteiger partial charge in [-0.3, -0.25) is 4.98 Å². The van der Waals surface area contributed by atoms with Gasteiger partial charge < -0.3 is 5.32 Å². The molecule has 0 fully saturated rings. The zero-order chi connectivity index (χ0) is 15.6. The van der Waals surface area contributed by atoms with Crippen LogP contribution in [0.4, 0.5) is 4.39 Å². The van der Waals surface area contributed by atoms with Crippen LogP contribution in [0.2, 0.25) is 0 Å². The fraction of sp³-hybridized carbons (Fsp3) is 0.389. The van der Waals surface area contributed by atoms with E-state index in [0.29, 0.717) is 5.56 Å². The highest BCUT2D eigenvalue weighted by Crippen LogP contribution is 2.25. The molecule has 112 valence electrons. The first-order valence-corrected chi connectivity index (χ1v) is 7.35. The van der Waals surface area contributed by atoms with Gasteiger partial charge in [-0.25, -0.2) is 4.39 Å². The summed E-state index contributed by atoms with van der Waals surface area (Å²) in [7, 11) is 0. The number of hydrogen-bond acceptors (Lipinski definition) is 2. The normalized spacial score (nSPS) is 14.0. The van der Waals surface area contributed by atoms with Gasteiger partial charge in [-0.05, 0) is 57.9 Å². The van der Waals surface area contributed by atoms with Crippen molar-refractivity contribution in [2.45, 2.75) is 46.7 Å². The zero-order valence-electron chi connectivity index (χ0n) is 13.4. The molecule has 0 aliphatic rings. The number of halogens is 1. The van der Waals surface area contributed by atoms with E-state index < -0.39 is 0 Å². The monoisotopic (exact) mass is 286 g/mol. The number of benzene rings is 1. The minimum absolute atomic E-state index is 0.0543. The summed E-state index contributed by atoms with van der Waals surface area (Å²) in [6, 6.07) is 9.07. The highest BCUT2D eigenvalue weighted by Gasteiger charge is 2.17. The number of rotatable bonds is 4. The van der Waals surface area contributed by atoms with Crippen LogP contribution >= 0.6 is 0 Å². The van der Waals surface area contributed by atoms with E-state index in [0.717, 1.165) is 11.4 Å². The van der Waals surface area contributed by atoms with Crippen molar-refractivity contribution in [3.8, 4) is 0 Å². The van der Waals surface area contributed by atoms with Crippen LogP contribution in [-0.2, 0) is 0 Å². The summed E-state index contributed by atoms with van der Waals surface area (Å²) >= 11 is 0. The van der Waals surface area contributed by atoms with Crippen molar-refractivity contribution in [1.82, 2.24) is 10.3 Å². The van der Waals surface area contributed by atoms with Gasteiger partial charge >= 0.3 is 0 Å². The van der Waals surface area contributed by atoms with Gasteiger partial charge in [0.05, 0.1) is 0 Å². The van der Waals surface area contributed by atoms with Crippen LogP contribution in [0.3, 0.4) is 0 Å². The van der Waals surface area contributed by atoms with Crippen molar-refractivity contribution in [3.05, 3.63) is 64.2 Å². The summed E-state index contributed by atoms with van der Waals surface area (Å²) in [5.74, 6) is -0.167. The maximum Gasteiger partial charge on any atom is 0.127 e. The van der Waals surface area contributed by atoms with Crippen LogP contribution < -0.4 is 5.32 Å². The number of aryl methyl sites for hydroxylation is 3. The highest BCUT2D eigenvalue weighted by atomic mass is 19.1. The maximum absolute atomic E-state index is 13.9. The molecule has 1 aromatic carbocycles. The Morgan fingerprint density at radius 3 is 2.33 bits per heavy atom. The van der Waals surface area contributed by atoms with Crippen LogP contribution in [0.5, 0.6) is 0 Å². The second kappa shape index (κ2) is 6.35. The molecular formula is C18H23FN2. The molecule has 2 aromatic rings. The van der Waals surface area contributed by atoms with E-state index in [2.05, 4.69) is 30.2 Å². The molecule has 21 heavy (non-hydrogen) atoms. The summed E-state index contributed by atoms with van der Waals surface area (Å²) in [5, 5.41) is 3.47. The lowest BCUT2D eigenvalue weighted by Gasteiger charge is -2.24. The van der Waals surface area contributed by atoms with Gasteiger partial charge in [-0.15, -0.1) is 0 Å². The van der Waals surface area contributed by atoms with Gasteiger partial charge in [0.2, 0.25) is 0 Å². The summed E-state index contributed by atoms with van der Waals surface area (Å²) in [6.45, 7) is 10.2. The quantitative estimate of drug-likeness (QED) is 0.891. The minimum Gasteiger partial charge on any atom is -0.303 e. The SMILES string of the molecule is Cc1cc(C)c(C(C)N[C@H](C)c2ccccc2F)c(C)n1. The Hall–Kier alpha value is -1.74. The number of hydrogen-bond donors (Lipinski definition) is 1. The van der Waals surface area contributed by atoms with Gasteiger partial charge in [0.25, 0.3) is 0 Å². The van der Waals surface area contributed by atoms with Crippen LogP contribution in [0.15, 0.2) is 30.3 Å². The van der Waals surface area contributed by atoms with E-state index in [1.165, 1.54) is 17.2 Å². The lowest BCUT2D eigenvalue weighted by Crippen LogP contribution is -2.24. The van der Waals surface area contributed by atoms with E-state index in [4.69, 9.17) is 0 Å². The summed E-state index contributed by atoms with van der Waals surface area (Å²) in [4.78, 5) is 4.54. The number of nitrogens with zero attached hydrogens (tertiary/aromatic N) is 1. The van der Waals surface area contributed by atoms with Gasteiger partial charge in [-0.2, -0.15) is 0 Å². The van der Waals surface area contributed by atoms with Gasteiger partial charge in [0, 0.05) is 29.0 Å². The fourth-order valence-corrected chi connectivity index (χ4v) is 3.06. The Bertz CT molecular complexity index is 614. The van der Waals surface area contributed by atoms with E-state index in [1.807, 2.05) is 32.9 Å². The average molecular weight is 286 g/mol. The molecule has 1 N–H and O–H groups in total. The molecule has 3 heteroatoms. The third-order valence-electron chi connectivity index (χ3n) is 3.89. The van der Waals surface area contributed by atoms with Crippen LogP contribution in [-0.4, -0.2) is 4.98 Å². The van der Waals surface area contributed by atoms with Gasteiger partial charge in [-0.1, -0.05) is 18.2 Å². The molecule has 2 atom stereocenters. The molecule has 1 heterocycles. The average Bonchev–Trinajstić information content (AvgIpc) is 2.37. The molecule has 0 bridgehead atoms. The van der Waals surface area contributed by atoms with Crippen molar-refractivity contribution in [2.24, 2.45) is 0 Å². The number of aromatic nitrogens is 1. The second-order valence-electron chi connectivity index (χ2n) is 5.71. The Morgan fingerprint density at radius 2 is 1.71 bits per heavy atom. The molecule has 2 rings (SSSR count). The number of nitrogens with one attached hydrogen (secondary N) is 1. The van der Waals surface area contributed by atoms with Gasteiger partial charge in [0.15, 0.2) is 0 Å². The van der Waals surface area contributed by atoms with Crippen LogP contribution in [0.25, 0.3) is 0 Å². The molecule has 0 spiro atoms. The van der Waals surface area contributed by atoms with Gasteiger partial charge in [0.1, 0.15) is 5.82 Å². The molecule has 0 amide bonds. The predicted molar refractivity (Wildman–Crippen MR) is 84.8 cm³/mol. The topological polar surface area (TPSA) is 24.9 Å². The van der Waals surface area contributed by atoms with Crippen LogP contribution in [0, 0.1) is 26.6 Å². The van der Waals surface area contributed by atoms with Crippen molar-refractivity contribution < 1.29 is 4.39 Å². The molecule has 0 aliphatic carbocycles. The van der Waals surface area contributed by atoms with Crippen molar-refractivity contribution in [3.63, 3.8) is 0 Å². The molecule has 0 saturated carbocycles. The van der Waals surface area contributed by atoms with Crippen molar-refractivity contribution in [1.29, 1.82) is 0 Å². The number of pyridine rings is 1. The Labute approximate surface area is 126 Å². The Morgan fingerprint density at radius 1 is 1.05 bits per heavy atom. The van der Waals surface area contributed by atoms with E-state index in [9.17, 15) is 4.39 Å². The fourth-order valence-electron chi connectivity index (χ4n) is 3.06.